The first kappa shape index (κ1) is 17.0. The molecule has 0 atom stereocenters. The molecule has 6 aromatic rings. The molecule has 0 N–H and O–H groups in total. The lowest BCUT2D eigenvalue weighted by Crippen LogP contribution is -2.02. The largest absolute Gasteiger partial charge is 0.319 e. The van der Waals surface area contributed by atoms with Crippen LogP contribution in [0.3, 0.4) is 0 Å². The molecule has 142 valence electrons. The predicted octanol–water partition coefficient (Wildman–Crippen LogP) is 7.06. The second-order valence-electron chi connectivity index (χ2n) is 7.66. The van der Waals surface area contributed by atoms with E-state index in [1.54, 1.807) is 0 Å². The van der Waals surface area contributed by atoms with Gasteiger partial charge in [-0.3, -0.25) is 0 Å². The first-order chi connectivity index (χ1) is 14.9. The summed E-state index contributed by atoms with van der Waals surface area (Å²) in [5, 5.41) is 4.98. The molecular formula is C28H20N2. The Hall–Kier alpha value is -3.91. The van der Waals surface area contributed by atoms with Gasteiger partial charge in [-0.25, -0.2) is 4.98 Å². The lowest BCUT2D eigenvalue weighted by Gasteiger charge is -2.12. The smallest absolute Gasteiger partial charge is 0.141 e. The van der Waals surface area contributed by atoms with Crippen molar-refractivity contribution in [1.82, 2.24) is 9.55 Å². The van der Waals surface area contributed by atoms with Crippen LogP contribution < -0.4 is 0 Å². The fourth-order valence-electron chi connectivity index (χ4n) is 4.49. The van der Waals surface area contributed by atoms with Crippen LogP contribution >= 0.6 is 0 Å². The fourth-order valence-corrected chi connectivity index (χ4v) is 4.49. The van der Waals surface area contributed by atoms with Gasteiger partial charge in [-0.15, -0.1) is 0 Å². The number of imidazole rings is 1. The highest BCUT2D eigenvalue weighted by atomic mass is 15.1. The van der Waals surface area contributed by atoms with E-state index >= 15 is 0 Å². The summed E-state index contributed by atoms with van der Waals surface area (Å²) >= 11 is 0. The minimum atomic E-state index is 0.782. The van der Waals surface area contributed by atoms with E-state index in [0.29, 0.717) is 0 Å². The van der Waals surface area contributed by atoms with Gasteiger partial charge >= 0.3 is 0 Å². The summed E-state index contributed by atoms with van der Waals surface area (Å²) in [5.74, 6) is 1.01. The van der Waals surface area contributed by atoms with E-state index in [1.165, 1.54) is 32.6 Å². The van der Waals surface area contributed by atoms with Crippen molar-refractivity contribution in [1.29, 1.82) is 0 Å². The second-order valence-corrected chi connectivity index (χ2v) is 7.66. The number of aromatic nitrogens is 2. The van der Waals surface area contributed by atoms with Gasteiger partial charge in [0.25, 0.3) is 0 Å². The maximum atomic E-state index is 5.22. The molecule has 1 aromatic heterocycles. The monoisotopic (exact) mass is 384 g/mol. The molecule has 0 aliphatic carbocycles. The zero-order chi connectivity index (χ0) is 19.9. The molecule has 0 amide bonds. The Kier molecular flexibility index (Phi) is 3.88. The normalized spacial score (nSPS) is 11.5. The molecule has 0 bridgehead atoms. The highest BCUT2D eigenvalue weighted by molar-refractivity contribution is 6.23. The number of fused-ring (bicyclic) bond motifs is 6. The molecule has 0 aliphatic heterocycles. The number of rotatable bonds is 3. The van der Waals surface area contributed by atoms with Crippen molar-refractivity contribution in [3.05, 3.63) is 115 Å². The summed E-state index contributed by atoms with van der Waals surface area (Å²) < 4.78 is 2.38. The van der Waals surface area contributed by atoms with E-state index in [9.17, 15) is 0 Å². The van der Waals surface area contributed by atoms with Crippen molar-refractivity contribution in [2.75, 3.05) is 0 Å². The number of benzene rings is 5. The van der Waals surface area contributed by atoms with E-state index in [0.717, 1.165) is 23.4 Å². The van der Waals surface area contributed by atoms with Gasteiger partial charge in [-0.2, -0.15) is 0 Å². The molecule has 30 heavy (non-hydrogen) atoms. The highest BCUT2D eigenvalue weighted by Gasteiger charge is 2.18. The standard InChI is InChI=1S/C28H20N2/c1-3-11-20(12-4-1)19-30-27-25-18-10-8-16-23(25)22-15-7-9-17-24(22)26(27)29-28(30)21-13-5-2-6-14-21/h1-18H,19H2. The predicted molar refractivity (Wildman–Crippen MR) is 126 cm³/mol. The zero-order valence-corrected chi connectivity index (χ0v) is 16.5. The molecule has 0 unspecified atom stereocenters. The van der Waals surface area contributed by atoms with Gasteiger partial charge in [0.15, 0.2) is 0 Å². The Morgan fingerprint density at radius 3 is 1.77 bits per heavy atom. The van der Waals surface area contributed by atoms with Crippen LogP contribution in [-0.4, -0.2) is 9.55 Å². The molecular weight excluding hydrogens is 364 g/mol. The molecule has 5 aromatic carbocycles. The van der Waals surface area contributed by atoms with E-state index < -0.39 is 0 Å². The topological polar surface area (TPSA) is 17.8 Å². The molecule has 6 rings (SSSR count). The van der Waals surface area contributed by atoms with E-state index in [2.05, 4.69) is 114 Å². The van der Waals surface area contributed by atoms with Crippen LogP contribution in [-0.2, 0) is 6.54 Å². The van der Waals surface area contributed by atoms with E-state index in [1.807, 2.05) is 0 Å². The maximum absolute atomic E-state index is 5.22. The molecule has 0 radical (unpaired) electrons. The summed E-state index contributed by atoms with van der Waals surface area (Å²) in [6.07, 6.45) is 0. The molecule has 0 aliphatic rings. The molecule has 0 fully saturated rings. The van der Waals surface area contributed by atoms with E-state index in [-0.39, 0.29) is 0 Å². The van der Waals surface area contributed by atoms with Gasteiger partial charge in [-0.1, -0.05) is 109 Å². The number of nitrogens with zero attached hydrogens (tertiary/aromatic N) is 2. The molecule has 1 heterocycles. The van der Waals surface area contributed by atoms with Crippen molar-refractivity contribution in [3.8, 4) is 11.4 Å². The average Bonchev–Trinajstić information content (AvgIpc) is 3.20. The summed E-state index contributed by atoms with van der Waals surface area (Å²) in [4.78, 5) is 5.22. The van der Waals surface area contributed by atoms with Crippen LogP contribution in [0.5, 0.6) is 0 Å². The minimum Gasteiger partial charge on any atom is -0.319 e. The third-order valence-electron chi connectivity index (χ3n) is 5.84. The van der Waals surface area contributed by atoms with Crippen molar-refractivity contribution in [3.63, 3.8) is 0 Å². The third-order valence-corrected chi connectivity index (χ3v) is 5.84. The van der Waals surface area contributed by atoms with Gasteiger partial charge < -0.3 is 4.57 Å². The Bertz CT molecular complexity index is 1500. The molecule has 0 spiro atoms. The van der Waals surface area contributed by atoms with Crippen LogP contribution in [0.25, 0.3) is 44.0 Å². The minimum absolute atomic E-state index is 0.782. The van der Waals surface area contributed by atoms with Gasteiger partial charge in [0, 0.05) is 22.9 Å². The third kappa shape index (κ3) is 2.61. The Morgan fingerprint density at radius 2 is 1.07 bits per heavy atom. The fraction of sp³-hybridized carbons (Fsp3) is 0.0357. The summed E-state index contributed by atoms with van der Waals surface area (Å²) in [5.41, 5.74) is 4.68. The lowest BCUT2D eigenvalue weighted by molar-refractivity contribution is 0.837. The molecule has 0 saturated carbocycles. The van der Waals surface area contributed by atoms with Crippen LogP contribution in [0.15, 0.2) is 109 Å². The Balaban J connectivity index is 1.79. The van der Waals surface area contributed by atoms with Crippen molar-refractivity contribution in [2.45, 2.75) is 6.54 Å². The summed E-state index contributed by atoms with van der Waals surface area (Å²) in [6.45, 7) is 0.782. The Morgan fingerprint density at radius 1 is 0.533 bits per heavy atom. The number of hydrogen-bond acceptors (Lipinski definition) is 1. The van der Waals surface area contributed by atoms with Crippen LogP contribution in [0.4, 0.5) is 0 Å². The first-order valence-corrected chi connectivity index (χ1v) is 10.3. The Labute approximate surface area is 175 Å². The lowest BCUT2D eigenvalue weighted by atomic mass is 10.00. The SMILES string of the molecule is c1ccc(Cn2c(-c3ccccc3)nc3c4ccccc4c4ccccc4c32)cc1. The van der Waals surface area contributed by atoms with Gasteiger partial charge in [0.05, 0.1) is 11.0 Å². The summed E-state index contributed by atoms with van der Waals surface area (Å²) in [6, 6.07) is 38.5. The quantitative estimate of drug-likeness (QED) is 0.299. The van der Waals surface area contributed by atoms with Crippen LogP contribution in [0, 0.1) is 0 Å². The second kappa shape index (κ2) is 6.85. The van der Waals surface area contributed by atoms with Gasteiger partial charge in [-0.05, 0) is 16.3 Å². The summed E-state index contributed by atoms with van der Waals surface area (Å²) in [7, 11) is 0. The van der Waals surface area contributed by atoms with Crippen LogP contribution in [0.1, 0.15) is 5.56 Å². The first-order valence-electron chi connectivity index (χ1n) is 10.3. The maximum Gasteiger partial charge on any atom is 0.141 e. The van der Waals surface area contributed by atoms with E-state index in [4.69, 9.17) is 4.98 Å². The number of hydrogen-bond donors (Lipinski definition) is 0. The van der Waals surface area contributed by atoms with Crippen molar-refractivity contribution in [2.24, 2.45) is 0 Å². The zero-order valence-electron chi connectivity index (χ0n) is 16.5. The highest BCUT2D eigenvalue weighted by Crippen LogP contribution is 2.37. The van der Waals surface area contributed by atoms with Gasteiger partial charge in [0.1, 0.15) is 5.82 Å². The van der Waals surface area contributed by atoms with Crippen molar-refractivity contribution < 1.29 is 0 Å². The van der Waals surface area contributed by atoms with Crippen molar-refractivity contribution >= 4 is 32.6 Å². The van der Waals surface area contributed by atoms with Crippen LogP contribution in [0.2, 0.25) is 0 Å². The average molecular weight is 384 g/mol. The molecule has 2 nitrogen and oxygen atoms in total. The van der Waals surface area contributed by atoms with Gasteiger partial charge in [0.2, 0.25) is 0 Å². The molecule has 2 heteroatoms. The molecule has 0 saturated heterocycles.